The van der Waals surface area contributed by atoms with Gasteiger partial charge in [0.25, 0.3) is 0 Å². The summed E-state index contributed by atoms with van der Waals surface area (Å²) >= 11 is 0. The molecule has 0 saturated heterocycles. The van der Waals surface area contributed by atoms with Crippen molar-refractivity contribution >= 4 is 43.6 Å². The summed E-state index contributed by atoms with van der Waals surface area (Å²) in [7, 11) is 2.15. The van der Waals surface area contributed by atoms with E-state index in [2.05, 4.69) is 126 Å². The Kier molecular flexibility index (Phi) is 4.55. The van der Waals surface area contributed by atoms with Crippen molar-refractivity contribution in [3.8, 4) is 22.9 Å². The van der Waals surface area contributed by atoms with Gasteiger partial charge >= 0.3 is 0 Å². The van der Waals surface area contributed by atoms with E-state index < -0.39 is 0 Å². The van der Waals surface area contributed by atoms with Crippen molar-refractivity contribution in [2.75, 3.05) is 0 Å². The molecule has 7 rings (SSSR count). The van der Waals surface area contributed by atoms with Gasteiger partial charge in [-0.1, -0.05) is 66.2 Å². The van der Waals surface area contributed by atoms with Gasteiger partial charge in [0.05, 0.1) is 16.6 Å². The summed E-state index contributed by atoms with van der Waals surface area (Å²) in [5, 5.41) is 14.9. The van der Waals surface area contributed by atoms with E-state index >= 15 is 0 Å². The standard InChI is InChI=1S/C34H25N3/c1-21-18-22(2)28(20-35)27(19-21)23-12-14-24(15-13-23)37-30-11-7-5-9-26(30)34-32(37)17-16-31-33(34)25-8-4-6-10-29(25)36(31)3/h4-19H,1-3H3. The second-order valence-corrected chi connectivity index (χ2v) is 9.95. The molecule has 176 valence electrons. The number of rotatable bonds is 2. The number of fused-ring (bicyclic) bond motifs is 7. The summed E-state index contributed by atoms with van der Waals surface area (Å²) in [6.07, 6.45) is 0. The van der Waals surface area contributed by atoms with E-state index in [1.54, 1.807) is 0 Å². The lowest BCUT2D eigenvalue weighted by Crippen LogP contribution is -1.95. The minimum atomic E-state index is 0.744. The number of nitriles is 1. The van der Waals surface area contributed by atoms with Crippen molar-refractivity contribution < 1.29 is 0 Å². The monoisotopic (exact) mass is 475 g/mol. The summed E-state index contributed by atoms with van der Waals surface area (Å²) in [5.74, 6) is 0. The first-order valence-electron chi connectivity index (χ1n) is 12.6. The molecule has 3 nitrogen and oxygen atoms in total. The molecule has 0 fully saturated rings. The first kappa shape index (κ1) is 21.5. The third-order valence-electron chi connectivity index (χ3n) is 7.74. The number of benzene rings is 5. The van der Waals surface area contributed by atoms with Gasteiger partial charge in [-0.3, -0.25) is 0 Å². The zero-order chi connectivity index (χ0) is 25.3. The highest BCUT2D eigenvalue weighted by Gasteiger charge is 2.18. The van der Waals surface area contributed by atoms with Crippen LogP contribution < -0.4 is 0 Å². The maximum absolute atomic E-state index is 9.80. The lowest BCUT2D eigenvalue weighted by molar-refractivity contribution is 1.01. The molecule has 3 heteroatoms. The molecular formula is C34H25N3. The van der Waals surface area contributed by atoms with Gasteiger partial charge < -0.3 is 9.13 Å². The van der Waals surface area contributed by atoms with Crippen molar-refractivity contribution in [2.45, 2.75) is 13.8 Å². The van der Waals surface area contributed by atoms with E-state index in [1.807, 2.05) is 6.92 Å². The van der Waals surface area contributed by atoms with E-state index in [1.165, 1.54) is 43.6 Å². The lowest BCUT2D eigenvalue weighted by Gasteiger charge is -2.12. The summed E-state index contributed by atoms with van der Waals surface area (Å²) in [4.78, 5) is 0. The fourth-order valence-electron chi connectivity index (χ4n) is 6.12. The van der Waals surface area contributed by atoms with E-state index in [-0.39, 0.29) is 0 Å². The molecule has 0 amide bonds. The molecule has 2 aromatic heterocycles. The molecule has 0 aliphatic rings. The average molecular weight is 476 g/mol. The van der Waals surface area contributed by atoms with Crippen LogP contribution in [0.1, 0.15) is 16.7 Å². The molecule has 0 aliphatic carbocycles. The smallest absolute Gasteiger partial charge is 0.100 e. The molecule has 0 aliphatic heterocycles. The number of aryl methyl sites for hydroxylation is 3. The summed E-state index contributed by atoms with van der Waals surface area (Å²) in [5.41, 5.74) is 11.0. The van der Waals surface area contributed by atoms with Gasteiger partial charge in [0.1, 0.15) is 6.07 Å². The van der Waals surface area contributed by atoms with Crippen molar-refractivity contribution in [1.29, 1.82) is 5.26 Å². The van der Waals surface area contributed by atoms with Gasteiger partial charge in [-0.25, -0.2) is 0 Å². The van der Waals surface area contributed by atoms with Crippen LogP contribution >= 0.6 is 0 Å². The molecule has 0 atom stereocenters. The Morgan fingerprint density at radius 2 is 1.27 bits per heavy atom. The second kappa shape index (κ2) is 7.85. The van der Waals surface area contributed by atoms with Gasteiger partial charge in [0, 0.05) is 45.3 Å². The Labute approximate surface area is 215 Å². The molecule has 37 heavy (non-hydrogen) atoms. The third-order valence-corrected chi connectivity index (χ3v) is 7.74. The predicted octanol–water partition coefficient (Wildman–Crippen LogP) is 8.58. The largest absolute Gasteiger partial charge is 0.344 e. The van der Waals surface area contributed by atoms with Crippen LogP contribution in [0.4, 0.5) is 0 Å². The molecule has 5 aromatic carbocycles. The van der Waals surface area contributed by atoms with Gasteiger partial charge in [0.2, 0.25) is 0 Å². The zero-order valence-electron chi connectivity index (χ0n) is 21.1. The highest BCUT2D eigenvalue weighted by molar-refractivity contribution is 6.28. The van der Waals surface area contributed by atoms with E-state index in [0.717, 1.165) is 33.5 Å². The number of hydrogen-bond donors (Lipinski definition) is 0. The Morgan fingerprint density at radius 1 is 0.649 bits per heavy atom. The van der Waals surface area contributed by atoms with Gasteiger partial charge in [-0.05, 0) is 66.9 Å². The highest BCUT2D eigenvalue weighted by Crippen LogP contribution is 2.41. The molecular weight excluding hydrogens is 450 g/mol. The SMILES string of the molecule is Cc1cc(C)c(C#N)c(-c2ccc(-n3c4ccccc4c4c5c6ccccc6n(C)c5ccc43)cc2)c1. The van der Waals surface area contributed by atoms with Crippen LogP contribution in [-0.4, -0.2) is 9.13 Å². The summed E-state index contributed by atoms with van der Waals surface area (Å²) in [6.45, 7) is 4.09. The van der Waals surface area contributed by atoms with E-state index in [0.29, 0.717) is 0 Å². The Bertz CT molecular complexity index is 2060. The minimum Gasteiger partial charge on any atom is -0.344 e. The van der Waals surface area contributed by atoms with Crippen molar-refractivity contribution in [1.82, 2.24) is 9.13 Å². The highest BCUT2D eigenvalue weighted by atomic mass is 15.0. The molecule has 0 unspecified atom stereocenters. The fraction of sp³-hybridized carbons (Fsp3) is 0.0882. The maximum atomic E-state index is 9.80. The molecule has 7 aromatic rings. The Hall–Kier alpha value is -4.81. The normalized spacial score (nSPS) is 11.6. The van der Waals surface area contributed by atoms with E-state index in [4.69, 9.17) is 0 Å². The maximum Gasteiger partial charge on any atom is 0.100 e. The molecule has 0 radical (unpaired) electrons. The average Bonchev–Trinajstić information content (AvgIpc) is 3.41. The molecule has 0 N–H and O–H groups in total. The quantitative estimate of drug-likeness (QED) is 0.246. The molecule has 0 saturated carbocycles. The second-order valence-electron chi connectivity index (χ2n) is 9.95. The minimum absolute atomic E-state index is 0.744. The number of nitrogens with zero attached hydrogens (tertiary/aromatic N) is 3. The molecule has 0 bridgehead atoms. The summed E-state index contributed by atoms with van der Waals surface area (Å²) in [6, 6.07) is 37.1. The van der Waals surface area contributed by atoms with Gasteiger partial charge in [-0.15, -0.1) is 0 Å². The van der Waals surface area contributed by atoms with Gasteiger partial charge in [0.15, 0.2) is 0 Å². The van der Waals surface area contributed by atoms with Crippen LogP contribution in [0.3, 0.4) is 0 Å². The van der Waals surface area contributed by atoms with Crippen LogP contribution in [-0.2, 0) is 7.05 Å². The Morgan fingerprint density at radius 3 is 2.00 bits per heavy atom. The topological polar surface area (TPSA) is 33.6 Å². The first-order chi connectivity index (χ1) is 18.1. The van der Waals surface area contributed by atoms with Crippen LogP contribution in [0.2, 0.25) is 0 Å². The van der Waals surface area contributed by atoms with Crippen LogP contribution in [0.5, 0.6) is 0 Å². The number of para-hydroxylation sites is 2. The molecule has 0 spiro atoms. The third kappa shape index (κ3) is 3.00. The number of hydrogen-bond acceptors (Lipinski definition) is 1. The van der Waals surface area contributed by atoms with Crippen molar-refractivity contribution in [2.24, 2.45) is 7.05 Å². The Balaban J connectivity index is 1.51. The van der Waals surface area contributed by atoms with Crippen LogP contribution in [0.15, 0.2) is 97.1 Å². The zero-order valence-corrected chi connectivity index (χ0v) is 21.1. The van der Waals surface area contributed by atoms with Crippen molar-refractivity contribution in [3.63, 3.8) is 0 Å². The summed E-state index contributed by atoms with van der Waals surface area (Å²) < 4.78 is 4.66. The van der Waals surface area contributed by atoms with Gasteiger partial charge in [-0.2, -0.15) is 5.26 Å². The predicted molar refractivity (Wildman–Crippen MR) is 154 cm³/mol. The fourth-order valence-corrected chi connectivity index (χ4v) is 6.12. The number of aromatic nitrogens is 2. The van der Waals surface area contributed by atoms with Crippen LogP contribution in [0.25, 0.3) is 60.4 Å². The van der Waals surface area contributed by atoms with E-state index in [9.17, 15) is 5.26 Å². The first-order valence-corrected chi connectivity index (χ1v) is 12.6. The van der Waals surface area contributed by atoms with Crippen LogP contribution in [0, 0.1) is 25.2 Å². The lowest BCUT2D eigenvalue weighted by atomic mass is 9.94. The molecule has 2 heterocycles. The van der Waals surface area contributed by atoms with Crippen molar-refractivity contribution in [3.05, 3.63) is 114 Å².